The van der Waals surface area contributed by atoms with E-state index in [1.165, 1.54) is 28.1 Å². The Labute approximate surface area is 183 Å². The SMILES string of the molecule is O=C(CC[NH+]1CCN(c2ccccc2)CC1)NNC(=O)COc1ccc2c(c1)CCC2. The molecule has 3 N–H and O–H groups in total. The Kier molecular flexibility index (Phi) is 7.04. The van der Waals surface area contributed by atoms with Gasteiger partial charge in [0, 0.05) is 5.69 Å². The minimum atomic E-state index is -0.363. The van der Waals surface area contributed by atoms with Crippen molar-refractivity contribution in [2.24, 2.45) is 0 Å². The first-order valence-electron chi connectivity index (χ1n) is 11.1. The van der Waals surface area contributed by atoms with Crippen LogP contribution in [0.1, 0.15) is 24.0 Å². The van der Waals surface area contributed by atoms with Crippen LogP contribution in [0.3, 0.4) is 0 Å². The molecule has 4 rings (SSSR count). The van der Waals surface area contributed by atoms with Crippen LogP contribution in [0.2, 0.25) is 0 Å². The van der Waals surface area contributed by atoms with E-state index in [-0.39, 0.29) is 18.4 Å². The van der Waals surface area contributed by atoms with Gasteiger partial charge in [-0.25, -0.2) is 0 Å². The molecule has 2 aliphatic rings. The molecule has 164 valence electrons. The standard InChI is InChI=1S/C24H30N4O3/c29-23(11-12-27-13-15-28(16-14-27)21-7-2-1-3-8-21)25-26-24(30)18-31-22-10-9-19-5-4-6-20(19)17-22/h1-3,7-10,17H,4-6,11-16,18H2,(H,25,29)(H,26,30)/p+1. The number of rotatable bonds is 7. The summed E-state index contributed by atoms with van der Waals surface area (Å²) in [7, 11) is 0. The molecule has 1 heterocycles. The van der Waals surface area contributed by atoms with Gasteiger partial charge in [-0.1, -0.05) is 24.3 Å². The summed E-state index contributed by atoms with van der Waals surface area (Å²) in [6, 6.07) is 16.4. The predicted molar refractivity (Wildman–Crippen MR) is 119 cm³/mol. The highest BCUT2D eigenvalue weighted by Crippen LogP contribution is 2.25. The Morgan fingerprint density at radius 1 is 0.935 bits per heavy atom. The summed E-state index contributed by atoms with van der Waals surface area (Å²) in [5, 5.41) is 0. The number of nitrogens with one attached hydrogen (secondary N) is 3. The first-order valence-corrected chi connectivity index (χ1v) is 11.1. The van der Waals surface area contributed by atoms with Gasteiger partial charge in [0.1, 0.15) is 5.75 Å². The molecule has 0 unspecified atom stereocenters. The van der Waals surface area contributed by atoms with Crippen LogP contribution in [-0.4, -0.2) is 51.1 Å². The summed E-state index contributed by atoms with van der Waals surface area (Å²) in [4.78, 5) is 27.8. The Morgan fingerprint density at radius 3 is 2.48 bits per heavy atom. The third-order valence-electron chi connectivity index (χ3n) is 6.08. The van der Waals surface area contributed by atoms with Gasteiger partial charge in [-0.2, -0.15) is 0 Å². The molecule has 1 saturated heterocycles. The number of carbonyl (C=O) groups is 2. The quantitative estimate of drug-likeness (QED) is 0.567. The molecule has 0 aromatic heterocycles. The van der Waals surface area contributed by atoms with Crippen LogP contribution >= 0.6 is 0 Å². The van der Waals surface area contributed by atoms with Gasteiger partial charge < -0.3 is 14.5 Å². The minimum absolute atomic E-state index is 0.119. The highest BCUT2D eigenvalue weighted by molar-refractivity contribution is 5.82. The van der Waals surface area contributed by atoms with Crippen molar-refractivity contribution in [1.82, 2.24) is 10.9 Å². The molecule has 2 amide bonds. The molecular formula is C24H31N4O3+. The number of quaternary nitrogens is 1. The topological polar surface area (TPSA) is 75.1 Å². The summed E-state index contributed by atoms with van der Waals surface area (Å²) in [5.41, 5.74) is 8.86. The number of carbonyl (C=O) groups excluding carboxylic acids is 2. The third-order valence-corrected chi connectivity index (χ3v) is 6.08. The van der Waals surface area contributed by atoms with E-state index in [1.807, 2.05) is 18.2 Å². The molecule has 7 heteroatoms. The molecule has 0 atom stereocenters. The van der Waals surface area contributed by atoms with Crippen molar-refractivity contribution < 1.29 is 19.2 Å². The summed E-state index contributed by atoms with van der Waals surface area (Å²) >= 11 is 0. The minimum Gasteiger partial charge on any atom is -0.484 e. The largest absolute Gasteiger partial charge is 0.484 e. The molecule has 2 aromatic carbocycles. The molecule has 1 fully saturated rings. The number of hydrazine groups is 1. The summed E-state index contributed by atoms with van der Waals surface area (Å²) < 4.78 is 5.55. The number of para-hydroxylation sites is 1. The van der Waals surface area contributed by atoms with Crippen LogP contribution < -0.4 is 25.4 Å². The molecule has 1 aliphatic heterocycles. The molecule has 0 saturated carbocycles. The highest BCUT2D eigenvalue weighted by atomic mass is 16.5. The maximum atomic E-state index is 12.1. The lowest BCUT2D eigenvalue weighted by atomic mass is 10.1. The Hall–Kier alpha value is -3.06. The molecule has 0 radical (unpaired) electrons. The Balaban J connectivity index is 1.10. The molecule has 1 aliphatic carbocycles. The zero-order valence-electron chi connectivity index (χ0n) is 17.9. The van der Waals surface area contributed by atoms with Crippen LogP contribution in [0, 0.1) is 0 Å². The number of aryl methyl sites for hydroxylation is 2. The van der Waals surface area contributed by atoms with Gasteiger partial charge in [-0.15, -0.1) is 0 Å². The van der Waals surface area contributed by atoms with Gasteiger partial charge in [0.25, 0.3) is 5.91 Å². The van der Waals surface area contributed by atoms with E-state index in [1.54, 1.807) is 0 Å². The Morgan fingerprint density at radius 2 is 1.68 bits per heavy atom. The second kappa shape index (κ2) is 10.3. The molecule has 31 heavy (non-hydrogen) atoms. The van der Waals surface area contributed by atoms with E-state index in [2.05, 4.69) is 46.1 Å². The normalized spacial score (nSPS) is 15.9. The third kappa shape index (κ3) is 5.98. The van der Waals surface area contributed by atoms with Gasteiger partial charge >= 0.3 is 0 Å². The monoisotopic (exact) mass is 423 g/mol. The fraction of sp³-hybridized carbons (Fsp3) is 0.417. The number of ether oxygens (including phenoxy) is 1. The predicted octanol–water partition coefficient (Wildman–Crippen LogP) is 0.497. The number of nitrogens with zero attached hydrogens (tertiary/aromatic N) is 1. The maximum Gasteiger partial charge on any atom is 0.276 e. The van der Waals surface area contributed by atoms with Gasteiger partial charge in [-0.05, 0) is 54.7 Å². The van der Waals surface area contributed by atoms with E-state index >= 15 is 0 Å². The number of hydrogen-bond donors (Lipinski definition) is 3. The van der Waals surface area contributed by atoms with E-state index in [0.29, 0.717) is 12.2 Å². The number of amides is 2. The second-order valence-corrected chi connectivity index (χ2v) is 8.24. The Bertz CT molecular complexity index is 895. The van der Waals surface area contributed by atoms with Gasteiger partial charge in [0.2, 0.25) is 5.91 Å². The van der Waals surface area contributed by atoms with E-state index in [0.717, 1.165) is 45.6 Å². The van der Waals surface area contributed by atoms with Crippen molar-refractivity contribution in [3.8, 4) is 5.75 Å². The average molecular weight is 424 g/mol. The maximum absolute atomic E-state index is 12.1. The fourth-order valence-electron chi connectivity index (χ4n) is 4.29. The molecule has 2 aromatic rings. The molecule has 0 spiro atoms. The lowest BCUT2D eigenvalue weighted by molar-refractivity contribution is -0.900. The first-order chi connectivity index (χ1) is 15.2. The summed E-state index contributed by atoms with van der Waals surface area (Å²) in [5.74, 6) is 0.155. The second-order valence-electron chi connectivity index (χ2n) is 8.24. The van der Waals surface area contributed by atoms with E-state index in [4.69, 9.17) is 4.74 Å². The number of benzene rings is 2. The van der Waals surface area contributed by atoms with Crippen molar-refractivity contribution in [3.05, 3.63) is 59.7 Å². The van der Waals surface area contributed by atoms with Gasteiger partial charge in [0.05, 0.1) is 39.1 Å². The number of fused-ring (bicyclic) bond motifs is 1. The highest BCUT2D eigenvalue weighted by Gasteiger charge is 2.20. The number of anilines is 1. The average Bonchev–Trinajstić information content (AvgIpc) is 3.29. The van der Waals surface area contributed by atoms with Crippen molar-refractivity contribution in [3.63, 3.8) is 0 Å². The number of hydrogen-bond acceptors (Lipinski definition) is 4. The zero-order chi connectivity index (χ0) is 21.5. The molecule has 7 nitrogen and oxygen atoms in total. The van der Waals surface area contributed by atoms with E-state index < -0.39 is 0 Å². The summed E-state index contributed by atoms with van der Waals surface area (Å²) in [6.45, 7) is 4.61. The lowest BCUT2D eigenvalue weighted by Gasteiger charge is -2.33. The zero-order valence-corrected chi connectivity index (χ0v) is 17.9. The van der Waals surface area contributed by atoms with Gasteiger partial charge in [-0.3, -0.25) is 20.4 Å². The van der Waals surface area contributed by atoms with Gasteiger partial charge in [0.15, 0.2) is 6.61 Å². The smallest absolute Gasteiger partial charge is 0.276 e. The summed E-state index contributed by atoms with van der Waals surface area (Å²) in [6.07, 6.45) is 3.74. The first kappa shape index (κ1) is 21.2. The lowest BCUT2D eigenvalue weighted by Crippen LogP contribution is -3.15. The van der Waals surface area contributed by atoms with Crippen molar-refractivity contribution in [2.45, 2.75) is 25.7 Å². The van der Waals surface area contributed by atoms with Crippen molar-refractivity contribution in [1.29, 1.82) is 0 Å². The van der Waals surface area contributed by atoms with Crippen molar-refractivity contribution >= 4 is 17.5 Å². The van der Waals surface area contributed by atoms with Crippen LogP contribution in [0.15, 0.2) is 48.5 Å². The van der Waals surface area contributed by atoms with Crippen molar-refractivity contribution in [2.75, 3.05) is 44.2 Å². The van der Waals surface area contributed by atoms with E-state index in [9.17, 15) is 9.59 Å². The van der Waals surface area contributed by atoms with Crippen LogP contribution in [0.5, 0.6) is 5.75 Å². The molecule has 0 bridgehead atoms. The molecular weight excluding hydrogens is 392 g/mol. The number of piperazine rings is 1. The van der Waals surface area contributed by atoms with Crippen LogP contribution in [0.25, 0.3) is 0 Å². The fourth-order valence-corrected chi connectivity index (χ4v) is 4.29. The van der Waals surface area contributed by atoms with Crippen LogP contribution in [0.4, 0.5) is 5.69 Å². The van der Waals surface area contributed by atoms with Crippen LogP contribution in [-0.2, 0) is 22.4 Å².